The highest BCUT2D eigenvalue weighted by atomic mass is 16.5. The second kappa shape index (κ2) is 9.46. The predicted octanol–water partition coefficient (Wildman–Crippen LogP) is 4.93. The average Bonchev–Trinajstić information content (AvgIpc) is 2.89. The first-order valence-corrected chi connectivity index (χ1v) is 11.5. The van der Waals surface area contributed by atoms with Gasteiger partial charge in [-0.15, -0.1) is 0 Å². The summed E-state index contributed by atoms with van der Waals surface area (Å²) in [6.07, 6.45) is 3.29. The van der Waals surface area contributed by atoms with Crippen molar-refractivity contribution in [2.24, 2.45) is 5.10 Å². The first-order valence-electron chi connectivity index (χ1n) is 11.5. The van der Waals surface area contributed by atoms with Crippen LogP contribution in [0.1, 0.15) is 52.5 Å². The van der Waals surface area contributed by atoms with Crippen molar-refractivity contribution in [1.29, 1.82) is 0 Å². The van der Waals surface area contributed by atoms with Crippen molar-refractivity contribution >= 4 is 23.0 Å². The second-order valence-corrected chi connectivity index (χ2v) is 8.39. The highest BCUT2D eigenvalue weighted by Gasteiger charge is 2.24. The number of fused-ring (bicyclic) bond motifs is 1. The van der Waals surface area contributed by atoms with Gasteiger partial charge in [-0.05, 0) is 43.5 Å². The van der Waals surface area contributed by atoms with Gasteiger partial charge < -0.3 is 15.0 Å². The van der Waals surface area contributed by atoms with Crippen LogP contribution < -0.4 is 15.6 Å². The molecule has 168 valence electrons. The van der Waals surface area contributed by atoms with Crippen LogP contribution in [0.4, 0.5) is 11.4 Å². The molecule has 0 aliphatic carbocycles. The number of methoxy groups -OCH3 is 1. The lowest BCUT2D eigenvalue weighted by molar-refractivity contribution is 0.0731. The standard InChI is InChI=1S/C27H28N4O2/c1-33-27-22-13-7-6-12-21(22)25(29-30-27)20-14-15-24(31-16-8-3-9-17-31)23(18-20)28-26(32)19-10-4-2-5-11-19/h2,4-7,10-15,18,27,30H,3,8-9,16-17H2,1H3,(H,28,32). The van der Waals surface area contributed by atoms with Gasteiger partial charge in [0.1, 0.15) is 0 Å². The molecule has 0 aromatic heterocycles. The van der Waals surface area contributed by atoms with Crippen LogP contribution in [-0.2, 0) is 4.74 Å². The Balaban J connectivity index is 1.54. The third-order valence-corrected chi connectivity index (χ3v) is 6.28. The van der Waals surface area contributed by atoms with Gasteiger partial charge in [0, 0.05) is 42.5 Å². The van der Waals surface area contributed by atoms with E-state index in [0.29, 0.717) is 5.56 Å². The number of ether oxygens (including phenoxy) is 1. The molecule has 2 aliphatic heterocycles. The zero-order valence-electron chi connectivity index (χ0n) is 18.8. The van der Waals surface area contributed by atoms with Gasteiger partial charge in [0.05, 0.1) is 17.1 Å². The van der Waals surface area contributed by atoms with Crippen LogP contribution >= 0.6 is 0 Å². The highest BCUT2D eigenvalue weighted by molar-refractivity contribution is 6.15. The lowest BCUT2D eigenvalue weighted by Gasteiger charge is -2.31. The summed E-state index contributed by atoms with van der Waals surface area (Å²) in [5.74, 6) is -0.116. The Kier molecular flexibility index (Phi) is 6.09. The number of carbonyl (C=O) groups is 1. The molecule has 1 fully saturated rings. The summed E-state index contributed by atoms with van der Waals surface area (Å²) < 4.78 is 5.54. The summed E-state index contributed by atoms with van der Waals surface area (Å²) in [6.45, 7) is 1.99. The van der Waals surface area contributed by atoms with E-state index in [1.807, 2.05) is 54.6 Å². The summed E-state index contributed by atoms with van der Waals surface area (Å²) in [6, 6.07) is 23.7. The largest absolute Gasteiger partial charge is 0.370 e. The number of rotatable bonds is 5. The number of hydrogen-bond donors (Lipinski definition) is 2. The number of amides is 1. The molecule has 1 saturated heterocycles. The topological polar surface area (TPSA) is 66.0 Å². The smallest absolute Gasteiger partial charge is 0.255 e. The van der Waals surface area contributed by atoms with Crippen molar-refractivity contribution in [2.45, 2.75) is 25.5 Å². The van der Waals surface area contributed by atoms with E-state index in [2.05, 4.69) is 38.9 Å². The number of nitrogens with one attached hydrogen (secondary N) is 2. The van der Waals surface area contributed by atoms with Crippen LogP contribution in [-0.4, -0.2) is 31.8 Å². The summed E-state index contributed by atoms with van der Waals surface area (Å²) in [4.78, 5) is 15.4. The van der Waals surface area contributed by atoms with E-state index in [1.165, 1.54) is 6.42 Å². The van der Waals surface area contributed by atoms with Crippen molar-refractivity contribution in [3.05, 3.63) is 95.1 Å². The van der Waals surface area contributed by atoms with Crippen molar-refractivity contribution < 1.29 is 9.53 Å². The van der Waals surface area contributed by atoms with Gasteiger partial charge in [-0.3, -0.25) is 10.2 Å². The number of hydrazone groups is 1. The van der Waals surface area contributed by atoms with Crippen LogP contribution in [0.2, 0.25) is 0 Å². The Labute approximate surface area is 194 Å². The minimum Gasteiger partial charge on any atom is -0.370 e. The van der Waals surface area contributed by atoms with Gasteiger partial charge in [0.2, 0.25) is 0 Å². The molecule has 0 saturated carbocycles. The van der Waals surface area contributed by atoms with Crippen LogP contribution in [0.25, 0.3) is 0 Å². The molecular weight excluding hydrogens is 412 g/mol. The van der Waals surface area contributed by atoms with Crippen LogP contribution in [0, 0.1) is 0 Å². The zero-order valence-corrected chi connectivity index (χ0v) is 18.8. The summed E-state index contributed by atoms with van der Waals surface area (Å²) >= 11 is 0. The summed E-state index contributed by atoms with van der Waals surface area (Å²) in [5, 5.41) is 7.80. The number of benzene rings is 3. The molecule has 3 aromatic carbocycles. The van der Waals surface area contributed by atoms with Crippen molar-refractivity contribution in [2.75, 3.05) is 30.4 Å². The number of carbonyl (C=O) groups excluding carboxylic acids is 1. The van der Waals surface area contributed by atoms with Gasteiger partial charge in [0.25, 0.3) is 5.91 Å². The highest BCUT2D eigenvalue weighted by Crippen LogP contribution is 2.33. The SMILES string of the molecule is COC1NN=C(c2ccc(N3CCCCC3)c(NC(=O)c3ccccc3)c2)c2ccccc21. The van der Waals surface area contributed by atoms with E-state index >= 15 is 0 Å². The van der Waals surface area contributed by atoms with Gasteiger partial charge >= 0.3 is 0 Å². The van der Waals surface area contributed by atoms with Gasteiger partial charge in [-0.25, -0.2) is 0 Å². The first-order chi connectivity index (χ1) is 16.2. The van der Waals surface area contributed by atoms with Gasteiger partial charge in [-0.2, -0.15) is 5.10 Å². The molecule has 1 amide bonds. The minimum absolute atomic E-state index is 0.116. The monoisotopic (exact) mass is 440 g/mol. The molecule has 1 unspecified atom stereocenters. The van der Waals surface area contributed by atoms with Crippen LogP contribution in [0.5, 0.6) is 0 Å². The van der Waals surface area contributed by atoms with Gasteiger partial charge in [-0.1, -0.05) is 48.5 Å². The summed E-state index contributed by atoms with van der Waals surface area (Å²) in [5.41, 5.74) is 9.43. The average molecular weight is 441 g/mol. The first kappa shape index (κ1) is 21.2. The third kappa shape index (κ3) is 4.34. The van der Waals surface area contributed by atoms with E-state index in [0.717, 1.165) is 59.7 Å². The fourth-order valence-electron chi connectivity index (χ4n) is 4.57. The normalized spacial score (nSPS) is 17.5. The Hall–Kier alpha value is -3.64. The molecule has 1 atom stereocenters. The van der Waals surface area contributed by atoms with Crippen molar-refractivity contribution in [3.63, 3.8) is 0 Å². The molecule has 0 radical (unpaired) electrons. The molecule has 5 rings (SSSR count). The number of nitrogens with zero attached hydrogens (tertiary/aromatic N) is 2. The number of anilines is 2. The van der Waals surface area contributed by atoms with Crippen molar-refractivity contribution in [1.82, 2.24) is 5.43 Å². The minimum atomic E-state index is -0.283. The lowest BCUT2D eigenvalue weighted by Crippen LogP contribution is -2.31. The Bertz CT molecular complexity index is 1170. The maximum atomic E-state index is 13.0. The number of piperidine rings is 1. The fourth-order valence-corrected chi connectivity index (χ4v) is 4.57. The lowest BCUT2D eigenvalue weighted by atomic mass is 9.94. The molecular formula is C27H28N4O2. The summed E-state index contributed by atoms with van der Waals surface area (Å²) in [7, 11) is 1.67. The third-order valence-electron chi connectivity index (χ3n) is 6.28. The van der Waals surface area contributed by atoms with E-state index in [1.54, 1.807) is 7.11 Å². The molecule has 2 aliphatic rings. The molecule has 0 bridgehead atoms. The maximum Gasteiger partial charge on any atom is 0.255 e. The predicted molar refractivity (Wildman–Crippen MR) is 132 cm³/mol. The quantitative estimate of drug-likeness (QED) is 0.590. The Morgan fingerprint density at radius 2 is 1.76 bits per heavy atom. The van der Waals surface area contributed by atoms with Gasteiger partial charge in [0.15, 0.2) is 6.23 Å². The Morgan fingerprint density at radius 1 is 1.00 bits per heavy atom. The molecule has 2 heterocycles. The second-order valence-electron chi connectivity index (χ2n) is 8.39. The molecule has 2 N–H and O–H groups in total. The number of hydrogen-bond acceptors (Lipinski definition) is 5. The van der Waals surface area contributed by atoms with Crippen molar-refractivity contribution in [3.8, 4) is 0 Å². The van der Waals surface area contributed by atoms with E-state index in [9.17, 15) is 4.79 Å². The molecule has 33 heavy (non-hydrogen) atoms. The van der Waals surface area contributed by atoms with E-state index in [4.69, 9.17) is 4.74 Å². The maximum absolute atomic E-state index is 13.0. The van der Waals surface area contributed by atoms with Crippen LogP contribution in [0.15, 0.2) is 77.9 Å². The van der Waals surface area contributed by atoms with Crippen LogP contribution in [0.3, 0.4) is 0 Å². The zero-order chi connectivity index (χ0) is 22.6. The molecule has 6 nitrogen and oxygen atoms in total. The fraction of sp³-hybridized carbons (Fsp3) is 0.259. The van der Waals surface area contributed by atoms with E-state index in [-0.39, 0.29) is 12.1 Å². The molecule has 3 aromatic rings. The molecule has 6 heteroatoms. The Morgan fingerprint density at radius 3 is 2.55 bits per heavy atom. The van der Waals surface area contributed by atoms with E-state index < -0.39 is 0 Å². The molecule has 0 spiro atoms.